The van der Waals surface area contributed by atoms with E-state index < -0.39 is 10.0 Å². The minimum Gasteiger partial charge on any atom is -0.333 e. The Balaban J connectivity index is 1.84. The summed E-state index contributed by atoms with van der Waals surface area (Å²) in [6, 6.07) is 10.6. The Labute approximate surface area is 125 Å². The number of sulfonamides is 1. The number of hydrogen-bond acceptors (Lipinski definition) is 6. The normalized spacial score (nSPS) is 11.5. The largest absolute Gasteiger partial charge is 0.333 e. The second kappa shape index (κ2) is 5.30. The van der Waals surface area contributed by atoms with E-state index in [2.05, 4.69) is 14.9 Å². The Kier molecular flexibility index (Phi) is 3.48. The molecule has 0 radical (unpaired) electrons. The van der Waals surface area contributed by atoms with Crippen LogP contribution < -0.4 is 4.72 Å². The second-order valence-corrected chi connectivity index (χ2v) is 7.05. The summed E-state index contributed by atoms with van der Waals surface area (Å²) in [7, 11) is -3.28. The standard InChI is InChI=1S/C13H11N3O3S2/c1-21(17,18)16-10-6-4-9(5-7-10)12-14-13(19-15-12)11-3-2-8-20-11/h2-8,16H,1H3. The van der Waals surface area contributed by atoms with E-state index in [0.717, 1.165) is 16.7 Å². The third-order valence-corrected chi connectivity index (χ3v) is 4.07. The summed E-state index contributed by atoms with van der Waals surface area (Å²) in [5.74, 6) is 0.933. The fourth-order valence-electron chi connectivity index (χ4n) is 1.74. The van der Waals surface area contributed by atoms with E-state index in [0.29, 0.717) is 17.4 Å². The van der Waals surface area contributed by atoms with Crippen LogP contribution in [-0.2, 0) is 10.0 Å². The average molecular weight is 321 g/mol. The van der Waals surface area contributed by atoms with Gasteiger partial charge in [0.2, 0.25) is 15.8 Å². The topological polar surface area (TPSA) is 85.1 Å². The van der Waals surface area contributed by atoms with Gasteiger partial charge in [0.25, 0.3) is 5.89 Å². The van der Waals surface area contributed by atoms with Gasteiger partial charge in [0.15, 0.2) is 0 Å². The van der Waals surface area contributed by atoms with Gasteiger partial charge in [-0.1, -0.05) is 11.2 Å². The molecule has 1 aromatic carbocycles. The zero-order valence-electron chi connectivity index (χ0n) is 11.0. The van der Waals surface area contributed by atoms with Gasteiger partial charge in [0, 0.05) is 11.3 Å². The number of anilines is 1. The molecule has 0 fully saturated rings. The number of hydrogen-bond donors (Lipinski definition) is 1. The maximum absolute atomic E-state index is 11.1. The summed E-state index contributed by atoms with van der Waals surface area (Å²) in [4.78, 5) is 5.23. The molecule has 0 aliphatic heterocycles. The molecule has 0 unspecified atom stereocenters. The van der Waals surface area contributed by atoms with Gasteiger partial charge in [-0.05, 0) is 35.7 Å². The van der Waals surface area contributed by atoms with Crippen molar-refractivity contribution >= 4 is 27.0 Å². The van der Waals surface area contributed by atoms with Crippen LogP contribution in [0, 0.1) is 0 Å². The molecular weight excluding hydrogens is 310 g/mol. The van der Waals surface area contributed by atoms with Crippen molar-refractivity contribution in [1.29, 1.82) is 0 Å². The van der Waals surface area contributed by atoms with E-state index in [1.165, 1.54) is 11.3 Å². The monoisotopic (exact) mass is 321 g/mol. The number of aromatic nitrogens is 2. The third-order valence-electron chi connectivity index (χ3n) is 2.60. The molecule has 0 atom stereocenters. The lowest BCUT2D eigenvalue weighted by Gasteiger charge is -2.03. The summed E-state index contributed by atoms with van der Waals surface area (Å²) in [5, 5.41) is 5.86. The number of nitrogens with one attached hydrogen (secondary N) is 1. The van der Waals surface area contributed by atoms with Crippen LogP contribution in [0.25, 0.3) is 22.2 Å². The number of thiophene rings is 1. The lowest BCUT2D eigenvalue weighted by atomic mass is 10.2. The molecule has 6 nitrogen and oxygen atoms in total. The molecule has 1 N–H and O–H groups in total. The Bertz CT molecular complexity index is 837. The van der Waals surface area contributed by atoms with Crippen LogP contribution in [0.15, 0.2) is 46.3 Å². The summed E-state index contributed by atoms with van der Waals surface area (Å²) in [6.45, 7) is 0. The first-order valence-corrected chi connectivity index (χ1v) is 8.74. The molecule has 8 heteroatoms. The lowest BCUT2D eigenvalue weighted by molar-refractivity contribution is 0.433. The predicted molar refractivity (Wildman–Crippen MR) is 81.5 cm³/mol. The number of rotatable bonds is 4. The van der Waals surface area contributed by atoms with Gasteiger partial charge in [-0.25, -0.2) is 8.42 Å². The van der Waals surface area contributed by atoms with Crippen molar-refractivity contribution < 1.29 is 12.9 Å². The van der Waals surface area contributed by atoms with Gasteiger partial charge in [-0.3, -0.25) is 4.72 Å². The van der Waals surface area contributed by atoms with Crippen molar-refractivity contribution in [2.24, 2.45) is 0 Å². The van der Waals surface area contributed by atoms with Crippen LogP contribution in [-0.4, -0.2) is 24.8 Å². The van der Waals surface area contributed by atoms with E-state index in [4.69, 9.17) is 4.52 Å². The number of benzene rings is 1. The summed E-state index contributed by atoms with van der Waals surface area (Å²) < 4.78 is 29.9. The highest BCUT2D eigenvalue weighted by atomic mass is 32.2. The van der Waals surface area contributed by atoms with E-state index in [1.807, 2.05) is 17.5 Å². The van der Waals surface area contributed by atoms with Gasteiger partial charge in [-0.2, -0.15) is 4.98 Å². The molecule has 108 valence electrons. The van der Waals surface area contributed by atoms with Gasteiger partial charge >= 0.3 is 0 Å². The lowest BCUT2D eigenvalue weighted by Crippen LogP contribution is -2.09. The van der Waals surface area contributed by atoms with Crippen LogP contribution in [0.2, 0.25) is 0 Å². The molecule has 0 saturated heterocycles. The van der Waals surface area contributed by atoms with Gasteiger partial charge < -0.3 is 4.52 Å². The molecule has 3 aromatic rings. The van der Waals surface area contributed by atoms with Crippen molar-refractivity contribution in [1.82, 2.24) is 10.1 Å². The smallest absolute Gasteiger partial charge is 0.268 e. The van der Waals surface area contributed by atoms with E-state index in [9.17, 15) is 8.42 Å². The fourth-order valence-corrected chi connectivity index (χ4v) is 2.95. The van der Waals surface area contributed by atoms with Crippen molar-refractivity contribution in [3.8, 4) is 22.2 Å². The first kappa shape index (κ1) is 13.8. The second-order valence-electron chi connectivity index (χ2n) is 4.35. The number of nitrogens with zero attached hydrogens (tertiary/aromatic N) is 2. The zero-order chi connectivity index (χ0) is 14.9. The molecule has 0 aliphatic rings. The molecule has 0 bridgehead atoms. The molecule has 0 saturated carbocycles. The first-order chi connectivity index (χ1) is 10.0. The zero-order valence-corrected chi connectivity index (χ0v) is 12.6. The minimum atomic E-state index is -3.28. The van der Waals surface area contributed by atoms with Crippen molar-refractivity contribution in [3.63, 3.8) is 0 Å². The molecule has 3 rings (SSSR count). The van der Waals surface area contributed by atoms with Crippen molar-refractivity contribution in [2.45, 2.75) is 0 Å². The quantitative estimate of drug-likeness (QED) is 0.798. The predicted octanol–water partition coefficient (Wildman–Crippen LogP) is 2.84. The van der Waals surface area contributed by atoms with Crippen LogP contribution in [0.3, 0.4) is 0 Å². The van der Waals surface area contributed by atoms with Gasteiger partial charge in [-0.15, -0.1) is 11.3 Å². The molecule has 2 heterocycles. The van der Waals surface area contributed by atoms with Gasteiger partial charge in [0.05, 0.1) is 11.1 Å². The molecule has 0 aliphatic carbocycles. The highest BCUT2D eigenvalue weighted by Gasteiger charge is 2.11. The highest BCUT2D eigenvalue weighted by Crippen LogP contribution is 2.26. The minimum absolute atomic E-state index is 0.462. The Morgan fingerprint density at radius 3 is 2.57 bits per heavy atom. The van der Waals surface area contributed by atoms with E-state index in [-0.39, 0.29) is 0 Å². The summed E-state index contributed by atoms with van der Waals surface area (Å²) in [6.07, 6.45) is 1.10. The van der Waals surface area contributed by atoms with Crippen molar-refractivity contribution in [3.05, 3.63) is 41.8 Å². The first-order valence-electron chi connectivity index (χ1n) is 5.97. The maximum atomic E-state index is 11.1. The molecule has 0 amide bonds. The Hall–Kier alpha value is -2.19. The van der Waals surface area contributed by atoms with E-state index >= 15 is 0 Å². The summed E-state index contributed by atoms with van der Waals surface area (Å²) >= 11 is 1.52. The van der Waals surface area contributed by atoms with Crippen LogP contribution in [0.1, 0.15) is 0 Å². The molecule has 21 heavy (non-hydrogen) atoms. The van der Waals surface area contributed by atoms with E-state index in [1.54, 1.807) is 24.3 Å². The maximum Gasteiger partial charge on any atom is 0.268 e. The Morgan fingerprint density at radius 1 is 1.19 bits per heavy atom. The summed E-state index contributed by atoms with van der Waals surface area (Å²) in [5.41, 5.74) is 1.24. The van der Waals surface area contributed by atoms with Gasteiger partial charge in [0.1, 0.15) is 0 Å². The van der Waals surface area contributed by atoms with Crippen molar-refractivity contribution in [2.75, 3.05) is 11.0 Å². The fraction of sp³-hybridized carbons (Fsp3) is 0.0769. The highest BCUT2D eigenvalue weighted by molar-refractivity contribution is 7.92. The van der Waals surface area contributed by atoms with Crippen LogP contribution in [0.5, 0.6) is 0 Å². The Morgan fingerprint density at radius 2 is 1.95 bits per heavy atom. The average Bonchev–Trinajstić information content (AvgIpc) is 3.09. The van der Waals surface area contributed by atoms with Crippen LogP contribution in [0.4, 0.5) is 5.69 Å². The molecule has 2 aromatic heterocycles. The third kappa shape index (κ3) is 3.29. The van der Waals surface area contributed by atoms with Crippen LogP contribution >= 0.6 is 11.3 Å². The molecule has 0 spiro atoms. The molecular formula is C13H11N3O3S2. The SMILES string of the molecule is CS(=O)(=O)Nc1ccc(-c2noc(-c3cccs3)n2)cc1.